The number of halogens is 9. The minimum Gasteiger partial charge on any atom is -0.397 e. The van der Waals surface area contributed by atoms with E-state index in [9.17, 15) is 26.3 Å². The van der Waals surface area contributed by atoms with Gasteiger partial charge in [-0.3, -0.25) is 0 Å². The summed E-state index contributed by atoms with van der Waals surface area (Å²) in [6.45, 7) is 18.2. The zero-order valence-electron chi connectivity index (χ0n) is 36.2. The second-order valence-corrected chi connectivity index (χ2v) is 15.9. The number of rotatable bonds is 9. The molecule has 2 fully saturated rings. The maximum Gasteiger partial charge on any atom is 0.416 e. The zero-order valence-corrected chi connectivity index (χ0v) is 38.5. The minimum atomic E-state index is -4.33. The number of anilines is 4. The molecule has 2 aliphatic heterocycles. The van der Waals surface area contributed by atoms with Crippen LogP contribution in [0.2, 0.25) is 0 Å². The number of alkyl halides is 9. The molecule has 0 unspecified atom stereocenters. The van der Waals surface area contributed by atoms with Gasteiger partial charge in [0.15, 0.2) is 0 Å². The van der Waals surface area contributed by atoms with Crippen molar-refractivity contribution in [2.24, 2.45) is 0 Å². The molecule has 0 bridgehead atoms. The monoisotopic (exact) mass is 917 g/mol. The lowest BCUT2D eigenvalue weighted by Gasteiger charge is -2.31. The van der Waals surface area contributed by atoms with Crippen LogP contribution in [0.1, 0.15) is 92.7 Å². The lowest BCUT2D eigenvalue weighted by Crippen LogP contribution is -2.30. The average Bonchev–Trinajstić information content (AvgIpc) is 3.25. The molecule has 6 rings (SSSR count). The predicted octanol–water partition coefficient (Wildman–Crippen LogP) is 14.4. The highest BCUT2D eigenvalue weighted by atomic mass is 35.5. The first-order valence-corrected chi connectivity index (χ1v) is 22.5. The van der Waals surface area contributed by atoms with Gasteiger partial charge in [0, 0.05) is 38.6 Å². The molecule has 2 aliphatic rings. The van der Waals surface area contributed by atoms with Crippen molar-refractivity contribution in [2.45, 2.75) is 97.9 Å². The van der Waals surface area contributed by atoms with E-state index in [4.69, 9.17) is 40.5 Å². The number of hydrogen-bond acceptors (Lipinski definition) is 5. The molecule has 0 aromatic heterocycles. The fourth-order valence-electron chi connectivity index (χ4n) is 6.67. The van der Waals surface area contributed by atoms with Crippen LogP contribution in [0.3, 0.4) is 0 Å². The number of nitrogens with one attached hydrogen (secondary N) is 1. The molecule has 2 saturated heterocycles. The van der Waals surface area contributed by atoms with Crippen LogP contribution in [-0.2, 0) is 24.8 Å². The van der Waals surface area contributed by atoms with E-state index in [1.54, 1.807) is 6.07 Å². The highest BCUT2D eigenvalue weighted by Gasteiger charge is 2.32. The number of aryl methyl sites for hydroxylation is 2. The number of piperidine rings is 2. The SMILES string of the molecule is CCN(CC)CC.Cc1ccc(CCl)cc1.Cc1ccc(CNc2cc(C(F)(F)F)ccc2N2CCCCC2)cc1.ClCCl.Nc1cc(C(F)(F)F)ccc1N1CCCCC1. The van der Waals surface area contributed by atoms with Crippen LogP contribution in [0.4, 0.5) is 49.1 Å². The number of nitrogens with two attached hydrogens (primary N) is 1. The molecule has 5 nitrogen and oxygen atoms in total. The van der Waals surface area contributed by atoms with E-state index in [0.29, 0.717) is 18.1 Å². The molecule has 0 amide bonds. The molecular weight excluding hydrogens is 855 g/mol. The summed E-state index contributed by atoms with van der Waals surface area (Å²) >= 11 is 15.1. The van der Waals surface area contributed by atoms with Crippen LogP contribution < -0.4 is 20.9 Å². The molecule has 4 aromatic carbocycles. The van der Waals surface area contributed by atoms with Gasteiger partial charge in [0.25, 0.3) is 0 Å². The van der Waals surface area contributed by atoms with Crippen LogP contribution in [0.5, 0.6) is 0 Å². The van der Waals surface area contributed by atoms with Crippen LogP contribution in [0.15, 0.2) is 84.9 Å². The van der Waals surface area contributed by atoms with Gasteiger partial charge >= 0.3 is 12.4 Å². The molecule has 0 atom stereocenters. The van der Waals surface area contributed by atoms with Gasteiger partial charge in [-0.15, -0.1) is 34.8 Å². The third-order valence-corrected chi connectivity index (χ3v) is 10.6. The molecule has 0 radical (unpaired) electrons. The van der Waals surface area contributed by atoms with E-state index in [-0.39, 0.29) is 11.0 Å². The summed E-state index contributed by atoms with van der Waals surface area (Å²) < 4.78 is 76.7. The molecule has 340 valence electrons. The number of nitrogens with zero attached hydrogens (tertiary/aromatic N) is 3. The summed E-state index contributed by atoms with van der Waals surface area (Å²) in [6, 6.07) is 23.8. The first-order valence-electron chi connectivity index (χ1n) is 20.9. The van der Waals surface area contributed by atoms with Crippen molar-refractivity contribution in [3.8, 4) is 0 Å². The minimum absolute atomic E-state index is 0.194. The normalized spacial score (nSPS) is 14.0. The Labute approximate surface area is 375 Å². The van der Waals surface area contributed by atoms with E-state index in [0.717, 1.165) is 86.5 Å². The molecule has 0 saturated carbocycles. The van der Waals surface area contributed by atoms with Gasteiger partial charge in [-0.05, 0) is 120 Å². The topological polar surface area (TPSA) is 47.8 Å². The highest BCUT2D eigenvalue weighted by Crippen LogP contribution is 2.37. The first kappa shape index (κ1) is 53.6. The fourth-order valence-corrected chi connectivity index (χ4v) is 6.85. The zero-order chi connectivity index (χ0) is 45.4. The van der Waals surface area contributed by atoms with Gasteiger partial charge in [-0.2, -0.15) is 26.3 Å². The van der Waals surface area contributed by atoms with E-state index in [2.05, 4.69) is 59.8 Å². The first-order chi connectivity index (χ1) is 29.0. The lowest BCUT2D eigenvalue weighted by molar-refractivity contribution is -0.138. The largest absolute Gasteiger partial charge is 0.416 e. The van der Waals surface area contributed by atoms with Crippen LogP contribution in [0.25, 0.3) is 0 Å². The molecule has 61 heavy (non-hydrogen) atoms. The molecule has 14 heteroatoms. The summed E-state index contributed by atoms with van der Waals surface area (Å²) in [5.74, 6) is 0.611. The van der Waals surface area contributed by atoms with Crippen LogP contribution in [0, 0.1) is 13.8 Å². The molecular formula is C47H64Cl3F6N5. The van der Waals surface area contributed by atoms with E-state index < -0.39 is 23.5 Å². The van der Waals surface area contributed by atoms with E-state index in [1.807, 2.05) is 43.3 Å². The van der Waals surface area contributed by atoms with Crippen molar-refractivity contribution in [1.29, 1.82) is 0 Å². The van der Waals surface area contributed by atoms with E-state index in [1.165, 1.54) is 61.8 Å². The predicted molar refractivity (Wildman–Crippen MR) is 249 cm³/mol. The van der Waals surface area contributed by atoms with Gasteiger partial charge in [0.1, 0.15) is 0 Å². The number of hydrogen-bond donors (Lipinski definition) is 2. The molecule has 3 N–H and O–H groups in total. The maximum atomic E-state index is 13.1. The number of nitrogen functional groups attached to an aromatic ring is 1. The van der Waals surface area contributed by atoms with Gasteiger partial charge in [0.2, 0.25) is 0 Å². The smallest absolute Gasteiger partial charge is 0.397 e. The van der Waals surface area contributed by atoms with Gasteiger partial charge in [-0.1, -0.05) is 80.4 Å². The average molecular weight is 919 g/mol. The fraction of sp³-hybridized carbons (Fsp3) is 0.489. The molecule has 0 aliphatic carbocycles. The second-order valence-electron chi connectivity index (χ2n) is 14.8. The van der Waals surface area contributed by atoms with Crippen molar-refractivity contribution in [3.63, 3.8) is 0 Å². The van der Waals surface area contributed by atoms with Crippen molar-refractivity contribution < 1.29 is 26.3 Å². The third-order valence-electron chi connectivity index (χ3n) is 10.3. The highest BCUT2D eigenvalue weighted by molar-refractivity contribution is 6.40. The quantitative estimate of drug-likeness (QED) is 0.0995. The molecule has 2 heterocycles. The summed E-state index contributed by atoms with van der Waals surface area (Å²) in [5, 5.41) is 3.41. The Balaban J connectivity index is 0.000000305. The lowest BCUT2D eigenvalue weighted by atomic mass is 10.1. The van der Waals surface area contributed by atoms with Gasteiger partial charge < -0.3 is 25.8 Å². The van der Waals surface area contributed by atoms with Gasteiger partial charge in [-0.25, -0.2) is 0 Å². The van der Waals surface area contributed by atoms with Crippen molar-refractivity contribution >= 4 is 57.6 Å². The van der Waals surface area contributed by atoms with Crippen molar-refractivity contribution in [2.75, 3.05) is 72.0 Å². The molecule has 4 aromatic rings. The maximum absolute atomic E-state index is 13.1. The van der Waals surface area contributed by atoms with Crippen LogP contribution >= 0.6 is 34.8 Å². The summed E-state index contributed by atoms with van der Waals surface area (Å²) in [4.78, 5) is 6.61. The summed E-state index contributed by atoms with van der Waals surface area (Å²) in [5.41, 5.74) is 11.4. The Morgan fingerprint density at radius 2 is 0.967 bits per heavy atom. The summed E-state index contributed by atoms with van der Waals surface area (Å²) in [6.07, 6.45) is -1.99. The van der Waals surface area contributed by atoms with Crippen molar-refractivity contribution in [3.05, 3.63) is 118 Å². The summed E-state index contributed by atoms with van der Waals surface area (Å²) in [7, 11) is 0. The molecule has 0 spiro atoms. The Morgan fingerprint density at radius 1 is 0.574 bits per heavy atom. The number of benzene rings is 4. The van der Waals surface area contributed by atoms with Crippen LogP contribution in [-0.4, -0.2) is 56.1 Å². The van der Waals surface area contributed by atoms with E-state index >= 15 is 0 Å². The Bertz CT molecular complexity index is 1770. The Morgan fingerprint density at radius 3 is 1.34 bits per heavy atom. The standard InChI is InChI=1S/C20H23F3N2.C12H15F3N2.C8H9Cl.C6H15N.CH2Cl2/c1-15-5-7-16(8-6-15)14-24-18-13-17(20(21,22)23)9-10-19(18)25-11-3-2-4-12-25;13-12(14,15)9-4-5-11(10(16)8-9)17-6-2-1-3-7-17;1-7-2-4-8(6-9)5-3-7;1-4-7(5-2)6-3;2-1-3/h5-10,13,24H,2-4,11-12,14H2,1H3;4-5,8H,1-3,6-7,16H2;2-5H,6H2,1H3;4-6H2,1-3H3;1H2. The van der Waals surface area contributed by atoms with Gasteiger partial charge in [0.05, 0.1) is 39.2 Å². The van der Waals surface area contributed by atoms with Crippen molar-refractivity contribution in [1.82, 2.24) is 4.90 Å². The second kappa shape index (κ2) is 28.2. The third kappa shape index (κ3) is 20.0. The Kier molecular flexibility index (Phi) is 24.8. The Hall–Kier alpha value is -3.51.